The molecule has 2 rings (SSSR count). The van der Waals surface area contributed by atoms with Crippen LogP contribution in [0.2, 0.25) is 5.15 Å². The van der Waals surface area contributed by atoms with Crippen molar-refractivity contribution in [3.8, 4) is 0 Å². The van der Waals surface area contributed by atoms with Crippen molar-refractivity contribution in [2.75, 3.05) is 13.2 Å². The van der Waals surface area contributed by atoms with E-state index in [1.54, 1.807) is 6.20 Å². The van der Waals surface area contributed by atoms with Crippen LogP contribution in [-0.4, -0.2) is 38.8 Å². The molecule has 0 spiro atoms. The van der Waals surface area contributed by atoms with E-state index in [1.807, 2.05) is 11.6 Å². The van der Waals surface area contributed by atoms with Gasteiger partial charge in [-0.05, 0) is 19.4 Å². The number of aliphatic hydroxyl groups is 1. The maximum absolute atomic E-state index is 9.19. The molecule has 1 aromatic rings. The van der Waals surface area contributed by atoms with Gasteiger partial charge < -0.3 is 9.67 Å². The average Bonchev–Trinajstić information content (AvgIpc) is 2.80. The van der Waals surface area contributed by atoms with Crippen molar-refractivity contribution in [3.05, 3.63) is 17.2 Å². The summed E-state index contributed by atoms with van der Waals surface area (Å²) in [6.07, 6.45) is 3.90. The molecule has 1 fully saturated rings. The topological polar surface area (TPSA) is 41.3 Å². The lowest BCUT2D eigenvalue weighted by Crippen LogP contribution is -2.32. The smallest absolute Gasteiger partial charge is 0.128 e. The summed E-state index contributed by atoms with van der Waals surface area (Å²) in [5.74, 6) is 0.959. The van der Waals surface area contributed by atoms with Crippen molar-refractivity contribution < 1.29 is 5.11 Å². The van der Waals surface area contributed by atoms with E-state index in [0.29, 0.717) is 11.2 Å². The van der Waals surface area contributed by atoms with Crippen LogP contribution < -0.4 is 0 Å². The van der Waals surface area contributed by atoms with E-state index in [9.17, 15) is 5.11 Å². The number of imidazole rings is 1. The number of halogens is 1. The van der Waals surface area contributed by atoms with Crippen LogP contribution in [-0.2, 0) is 13.6 Å². The molecule has 5 heteroatoms. The molecule has 0 radical (unpaired) electrons. The summed E-state index contributed by atoms with van der Waals surface area (Å²) in [5, 5.41) is 9.85. The first-order valence-electron chi connectivity index (χ1n) is 5.23. The van der Waals surface area contributed by atoms with Crippen molar-refractivity contribution in [1.82, 2.24) is 14.5 Å². The predicted octanol–water partition coefficient (Wildman–Crippen LogP) is 1.03. The Hall–Kier alpha value is -0.580. The quantitative estimate of drug-likeness (QED) is 0.842. The van der Waals surface area contributed by atoms with E-state index in [4.69, 9.17) is 11.6 Å². The number of aliphatic hydroxyl groups excluding tert-OH is 1. The summed E-state index contributed by atoms with van der Waals surface area (Å²) in [4.78, 5) is 6.52. The second-order valence-corrected chi connectivity index (χ2v) is 4.39. The molecule has 2 heterocycles. The highest BCUT2D eigenvalue weighted by Crippen LogP contribution is 2.20. The van der Waals surface area contributed by atoms with Gasteiger partial charge in [-0.1, -0.05) is 11.6 Å². The molecule has 15 heavy (non-hydrogen) atoms. The highest BCUT2D eigenvalue weighted by Gasteiger charge is 2.24. The Bertz CT molecular complexity index is 339. The van der Waals surface area contributed by atoms with Gasteiger partial charge in [0, 0.05) is 13.1 Å². The fraction of sp³-hybridized carbons (Fsp3) is 0.700. The Morgan fingerprint density at radius 3 is 3.07 bits per heavy atom. The molecule has 0 aliphatic carbocycles. The zero-order chi connectivity index (χ0) is 10.8. The van der Waals surface area contributed by atoms with Gasteiger partial charge in [0.2, 0.25) is 0 Å². The van der Waals surface area contributed by atoms with Crippen LogP contribution in [0.15, 0.2) is 6.20 Å². The number of likely N-dealkylation sites (tertiary alicyclic amines) is 1. The van der Waals surface area contributed by atoms with E-state index >= 15 is 0 Å². The van der Waals surface area contributed by atoms with E-state index in [-0.39, 0.29) is 6.61 Å². The van der Waals surface area contributed by atoms with E-state index in [2.05, 4.69) is 9.88 Å². The predicted molar refractivity (Wildman–Crippen MR) is 58.7 cm³/mol. The number of nitrogens with zero attached hydrogens (tertiary/aromatic N) is 3. The van der Waals surface area contributed by atoms with Crippen molar-refractivity contribution in [2.24, 2.45) is 7.05 Å². The second kappa shape index (κ2) is 4.51. The zero-order valence-electron chi connectivity index (χ0n) is 8.86. The molecule has 1 N–H and O–H groups in total. The van der Waals surface area contributed by atoms with Gasteiger partial charge in [-0.25, -0.2) is 4.98 Å². The largest absolute Gasteiger partial charge is 0.395 e. The molecule has 0 unspecified atom stereocenters. The third-order valence-corrected chi connectivity index (χ3v) is 3.43. The number of rotatable bonds is 3. The molecule has 0 aromatic carbocycles. The van der Waals surface area contributed by atoms with Crippen LogP contribution in [0.4, 0.5) is 0 Å². The second-order valence-electron chi connectivity index (χ2n) is 4.01. The monoisotopic (exact) mass is 229 g/mol. The summed E-state index contributed by atoms with van der Waals surface area (Å²) < 4.78 is 1.88. The Balaban J connectivity index is 2.05. The fourth-order valence-electron chi connectivity index (χ4n) is 2.06. The molecule has 1 aliphatic rings. The molecule has 0 bridgehead atoms. The SMILES string of the molecule is Cn1c(Cl)cnc1CN1CCC[C@H]1CO. The van der Waals surface area contributed by atoms with Crippen LogP contribution in [0.5, 0.6) is 0 Å². The highest BCUT2D eigenvalue weighted by atomic mass is 35.5. The van der Waals surface area contributed by atoms with Gasteiger partial charge in [-0.3, -0.25) is 4.90 Å². The van der Waals surface area contributed by atoms with Gasteiger partial charge in [0.1, 0.15) is 11.0 Å². The molecule has 0 saturated carbocycles. The summed E-state index contributed by atoms with van der Waals surface area (Å²) in [6.45, 7) is 2.04. The maximum atomic E-state index is 9.19. The first kappa shape index (κ1) is 10.9. The van der Waals surface area contributed by atoms with Gasteiger partial charge in [-0.2, -0.15) is 0 Å². The van der Waals surface area contributed by atoms with Gasteiger partial charge in [0.05, 0.1) is 19.3 Å². The van der Waals surface area contributed by atoms with E-state index in [1.165, 1.54) is 0 Å². The molecular weight excluding hydrogens is 214 g/mol. The molecular formula is C10H16ClN3O. The summed E-state index contributed by atoms with van der Waals surface area (Å²) >= 11 is 5.92. The first-order chi connectivity index (χ1) is 7.22. The molecule has 0 amide bonds. The van der Waals surface area contributed by atoms with Gasteiger partial charge >= 0.3 is 0 Å². The molecule has 4 nitrogen and oxygen atoms in total. The maximum Gasteiger partial charge on any atom is 0.128 e. The molecule has 1 saturated heterocycles. The van der Waals surface area contributed by atoms with Crippen LogP contribution in [0.1, 0.15) is 18.7 Å². The van der Waals surface area contributed by atoms with Gasteiger partial charge in [0.15, 0.2) is 0 Å². The molecule has 1 aliphatic heterocycles. The van der Waals surface area contributed by atoms with Crippen molar-refractivity contribution in [1.29, 1.82) is 0 Å². The van der Waals surface area contributed by atoms with Gasteiger partial charge in [-0.15, -0.1) is 0 Å². The lowest BCUT2D eigenvalue weighted by atomic mass is 10.2. The standard InChI is InChI=1S/C10H16ClN3O/c1-13-9(11)5-12-10(13)6-14-4-2-3-8(14)7-15/h5,8,15H,2-4,6-7H2,1H3/t8-/m0/s1. The van der Waals surface area contributed by atoms with Crippen LogP contribution in [0, 0.1) is 0 Å². The van der Waals surface area contributed by atoms with E-state index in [0.717, 1.165) is 31.8 Å². The van der Waals surface area contributed by atoms with Crippen LogP contribution in [0.25, 0.3) is 0 Å². The van der Waals surface area contributed by atoms with Crippen molar-refractivity contribution >= 4 is 11.6 Å². The third-order valence-electron chi connectivity index (χ3n) is 3.08. The minimum absolute atomic E-state index is 0.234. The lowest BCUT2D eigenvalue weighted by Gasteiger charge is -2.22. The molecule has 84 valence electrons. The lowest BCUT2D eigenvalue weighted by molar-refractivity contribution is 0.150. The fourth-order valence-corrected chi connectivity index (χ4v) is 2.21. The van der Waals surface area contributed by atoms with Crippen LogP contribution in [0.3, 0.4) is 0 Å². The summed E-state index contributed by atoms with van der Waals surface area (Å²) in [5.41, 5.74) is 0. The number of hydrogen-bond donors (Lipinski definition) is 1. The van der Waals surface area contributed by atoms with Gasteiger partial charge in [0.25, 0.3) is 0 Å². The van der Waals surface area contributed by atoms with Crippen molar-refractivity contribution in [2.45, 2.75) is 25.4 Å². The number of hydrogen-bond acceptors (Lipinski definition) is 3. The minimum atomic E-state index is 0.234. The minimum Gasteiger partial charge on any atom is -0.395 e. The van der Waals surface area contributed by atoms with E-state index < -0.39 is 0 Å². The molecule has 1 atom stereocenters. The zero-order valence-corrected chi connectivity index (χ0v) is 9.61. The molecule has 1 aromatic heterocycles. The summed E-state index contributed by atoms with van der Waals surface area (Å²) in [6, 6.07) is 0.292. The Kier molecular flexibility index (Phi) is 3.29. The average molecular weight is 230 g/mol. The third kappa shape index (κ3) is 2.17. The Labute approximate surface area is 94.5 Å². The Morgan fingerprint density at radius 2 is 2.47 bits per heavy atom. The Morgan fingerprint density at radius 1 is 1.67 bits per heavy atom. The number of aromatic nitrogens is 2. The van der Waals surface area contributed by atoms with Crippen LogP contribution >= 0.6 is 11.6 Å². The van der Waals surface area contributed by atoms with Crippen molar-refractivity contribution in [3.63, 3.8) is 0 Å². The first-order valence-corrected chi connectivity index (χ1v) is 5.61. The summed E-state index contributed by atoms with van der Waals surface area (Å²) in [7, 11) is 1.91. The normalized spacial score (nSPS) is 22.5. The highest BCUT2D eigenvalue weighted by molar-refractivity contribution is 6.29.